The molecule has 2 N–H and O–H groups in total. The molecule has 1 unspecified atom stereocenters. The Morgan fingerprint density at radius 3 is 2.62 bits per heavy atom. The van der Waals surface area contributed by atoms with Crippen LogP contribution in [-0.2, 0) is 4.79 Å². The number of nitrogens with zero attached hydrogens (tertiary/aromatic N) is 1. The highest BCUT2D eigenvalue weighted by molar-refractivity contribution is 5.73. The van der Waals surface area contributed by atoms with Crippen molar-refractivity contribution >= 4 is 5.97 Å². The molecular weight excluding hydrogens is 204 g/mol. The molecule has 0 spiro atoms. The highest BCUT2D eigenvalue weighted by atomic mass is 16.4. The minimum absolute atomic E-state index is 0.425. The van der Waals surface area contributed by atoms with E-state index in [1.807, 2.05) is 14.0 Å². The quantitative estimate of drug-likeness (QED) is 0.690. The van der Waals surface area contributed by atoms with Gasteiger partial charge in [0.15, 0.2) is 0 Å². The van der Waals surface area contributed by atoms with Crippen molar-refractivity contribution < 1.29 is 9.90 Å². The summed E-state index contributed by atoms with van der Waals surface area (Å²) in [5, 5.41) is 12.2. The van der Waals surface area contributed by atoms with E-state index in [0.717, 1.165) is 13.0 Å². The predicted octanol–water partition coefficient (Wildman–Crippen LogP) is 1.31. The Balaban J connectivity index is 2.37. The summed E-state index contributed by atoms with van der Waals surface area (Å²) in [6.07, 6.45) is 5.98. The Kier molecular flexibility index (Phi) is 5.77. The molecule has 16 heavy (non-hydrogen) atoms. The molecule has 1 saturated carbocycles. The standard InChI is InChI=1S/C12H24N2O2/c1-3-8-13-11(12(15)16)9-14(2)10-6-4-5-7-10/h10-11,13H,3-9H2,1-2H3,(H,15,16). The van der Waals surface area contributed by atoms with Gasteiger partial charge < -0.3 is 15.3 Å². The van der Waals surface area contributed by atoms with Crippen molar-refractivity contribution in [2.45, 2.75) is 51.1 Å². The minimum Gasteiger partial charge on any atom is -0.480 e. The smallest absolute Gasteiger partial charge is 0.322 e. The van der Waals surface area contributed by atoms with E-state index in [0.29, 0.717) is 12.6 Å². The van der Waals surface area contributed by atoms with Crippen LogP contribution in [0.5, 0.6) is 0 Å². The van der Waals surface area contributed by atoms with Gasteiger partial charge in [-0.2, -0.15) is 0 Å². The Morgan fingerprint density at radius 2 is 2.12 bits per heavy atom. The summed E-state index contributed by atoms with van der Waals surface area (Å²) in [4.78, 5) is 13.3. The molecule has 0 heterocycles. The maximum Gasteiger partial charge on any atom is 0.322 e. The molecule has 1 aliphatic carbocycles. The van der Waals surface area contributed by atoms with Gasteiger partial charge in [-0.05, 0) is 32.9 Å². The van der Waals surface area contributed by atoms with Crippen molar-refractivity contribution in [2.24, 2.45) is 0 Å². The lowest BCUT2D eigenvalue weighted by Gasteiger charge is -2.27. The summed E-state index contributed by atoms with van der Waals surface area (Å²) in [6.45, 7) is 3.43. The van der Waals surface area contributed by atoms with Gasteiger partial charge in [-0.25, -0.2) is 0 Å². The zero-order chi connectivity index (χ0) is 12.0. The van der Waals surface area contributed by atoms with Crippen molar-refractivity contribution in [3.8, 4) is 0 Å². The predicted molar refractivity (Wildman–Crippen MR) is 64.6 cm³/mol. The fourth-order valence-corrected chi connectivity index (χ4v) is 2.33. The Hall–Kier alpha value is -0.610. The summed E-state index contributed by atoms with van der Waals surface area (Å²) in [5.74, 6) is -0.738. The number of likely N-dealkylation sites (N-methyl/N-ethyl adjacent to an activating group) is 1. The van der Waals surface area contributed by atoms with E-state index in [1.165, 1.54) is 25.7 Å². The maximum absolute atomic E-state index is 11.1. The SMILES string of the molecule is CCCNC(CN(C)C1CCCC1)C(=O)O. The van der Waals surface area contributed by atoms with E-state index in [9.17, 15) is 4.79 Å². The topological polar surface area (TPSA) is 52.6 Å². The molecule has 4 heteroatoms. The Morgan fingerprint density at radius 1 is 1.50 bits per heavy atom. The third-order valence-corrected chi connectivity index (χ3v) is 3.36. The van der Waals surface area contributed by atoms with Gasteiger partial charge in [0.2, 0.25) is 0 Å². The summed E-state index contributed by atoms with van der Waals surface area (Å²) < 4.78 is 0. The van der Waals surface area contributed by atoms with Crippen LogP contribution in [0.25, 0.3) is 0 Å². The Bertz CT molecular complexity index is 215. The van der Waals surface area contributed by atoms with E-state index in [1.54, 1.807) is 0 Å². The van der Waals surface area contributed by atoms with E-state index >= 15 is 0 Å². The van der Waals surface area contributed by atoms with E-state index in [2.05, 4.69) is 10.2 Å². The number of carbonyl (C=O) groups is 1. The molecule has 0 radical (unpaired) electrons. The average Bonchev–Trinajstić information content (AvgIpc) is 2.76. The molecule has 94 valence electrons. The fraction of sp³-hybridized carbons (Fsp3) is 0.917. The molecular formula is C12H24N2O2. The molecule has 1 aliphatic rings. The number of hydrogen-bond donors (Lipinski definition) is 2. The Labute approximate surface area is 98.0 Å². The molecule has 0 aromatic rings. The average molecular weight is 228 g/mol. The monoisotopic (exact) mass is 228 g/mol. The summed E-state index contributed by atoms with van der Waals surface area (Å²) in [7, 11) is 2.04. The number of carboxylic acids is 1. The molecule has 0 amide bonds. The summed E-state index contributed by atoms with van der Waals surface area (Å²) >= 11 is 0. The van der Waals surface area contributed by atoms with E-state index in [-0.39, 0.29) is 0 Å². The molecule has 4 nitrogen and oxygen atoms in total. The van der Waals surface area contributed by atoms with Crippen molar-refractivity contribution in [1.29, 1.82) is 0 Å². The second kappa shape index (κ2) is 6.86. The molecule has 1 rings (SSSR count). The molecule has 0 aromatic carbocycles. The fourth-order valence-electron chi connectivity index (χ4n) is 2.33. The van der Waals surface area contributed by atoms with Gasteiger partial charge in [0.25, 0.3) is 0 Å². The molecule has 1 fully saturated rings. The largest absolute Gasteiger partial charge is 0.480 e. The van der Waals surface area contributed by atoms with Crippen molar-refractivity contribution in [1.82, 2.24) is 10.2 Å². The van der Waals surface area contributed by atoms with Crippen molar-refractivity contribution in [3.05, 3.63) is 0 Å². The van der Waals surface area contributed by atoms with Crippen LogP contribution >= 0.6 is 0 Å². The van der Waals surface area contributed by atoms with Crippen molar-refractivity contribution in [3.63, 3.8) is 0 Å². The van der Waals surface area contributed by atoms with Crippen LogP contribution in [0.3, 0.4) is 0 Å². The lowest BCUT2D eigenvalue weighted by atomic mass is 10.2. The number of hydrogen-bond acceptors (Lipinski definition) is 3. The van der Waals surface area contributed by atoms with Crippen LogP contribution in [-0.4, -0.2) is 48.2 Å². The van der Waals surface area contributed by atoms with Gasteiger partial charge in [-0.3, -0.25) is 4.79 Å². The first-order valence-electron chi connectivity index (χ1n) is 6.31. The summed E-state index contributed by atoms with van der Waals surface area (Å²) in [5.41, 5.74) is 0. The zero-order valence-electron chi connectivity index (χ0n) is 10.4. The van der Waals surface area contributed by atoms with Crippen LogP contribution in [0.4, 0.5) is 0 Å². The van der Waals surface area contributed by atoms with Gasteiger partial charge in [-0.1, -0.05) is 19.8 Å². The first kappa shape index (κ1) is 13.5. The zero-order valence-corrected chi connectivity index (χ0v) is 10.4. The van der Waals surface area contributed by atoms with Crippen LogP contribution < -0.4 is 5.32 Å². The van der Waals surface area contributed by atoms with Gasteiger partial charge in [-0.15, -0.1) is 0 Å². The lowest BCUT2D eigenvalue weighted by Crippen LogP contribution is -2.47. The first-order chi connectivity index (χ1) is 7.65. The third kappa shape index (κ3) is 4.10. The van der Waals surface area contributed by atoms with Crippen LogP contribution in [0.15, 0.2) is 0 Å². The molecule has 1 atom stereocenters. The van der Waals surface area contributed by atoms with Crippen LogP contribution in [0.1, 0.15) is 39.0 Å². The number of nitrogens with one attached hydrogen (secondary N) is 1. The molecule has 0 aliphatic heterocycles. The normalized spacial score (nSPS) is 19.2. The van der Waals surface area contributed by atoms with Crippen LogP contribution in [0.2, 0.25) is 0 Å². The van der Waals surface area contributed by atoms with Gasteiger partial charge in [0.1, 0.15) is 6.04 Å². The molecule has 0 bridgehead atoms. The van der Waals surface area contributed by atoms with Gasteiger partial charge in [0, 0.05) is 12.6 Å². The maximum atomic E-state index is 11.1. The number of aliphatic carboxylic acids is 1. The molecule has 0 saturated heterocycles. The lowest BCUT2D eigenvalue weighted by molar-refractivity contribution is -0.140. The van der Waals surface area contributed by atoms with Crippen LogP contribution in [0, 0.1) is 0 Å². The number of rotatable bonds is 7. The van der Waals surface area contributed by atoms with E-state index < -0.39 is 12.0 Å². The van der Waals surface area contributed by atoms with Crippen molar-refractivity contribution in [2.75, 3.05) is 20.1 Å². The number of carboxylic acid groups (broad SMARTS) is 1. The van der Waals surface area contributed by atoms with Gasteiger partial charge >= 0.3 is 5.97 Å². The minimum atomic E-state index is -0.738. The van der Waals surface area contributed by atoms with Gasteiger partial charge in [0.05, 0.1) is 0 Å². The third-order valence-electron chi connectivity index (χ3n) is 3.36. The van der Waals surface area contributed by atoms with E-state index in [4.69, 9.17) is 5.11 Å². The molecule has 0 aromatic heterocycles. The first-order valence-corrected chi connectivity index (χ1v) is 6.31. The second-order valence-electron chi connectivity index (χ2n) is 4.72. The summed E-state index contributed by atoms with van der Waals surface area (Å²) in [6, 6.07) is 0.163. The second-order valence-corrected chi connectivity index (χ2v) is 4.72. The highest BCUT2D eigenvalue weighted by Gasteiger charge is 2.24. The highest BCUT2D eigenvalue weighted by Crippen LogP contribution is 2.22.